The summed E-state index contributed by atoms with van der Waals surface area (Å²) in [5.41, 5.74) is -0.557. The molecule has 116 valence electrons. The van der Waals surface area contributed by atoms with Crippen LogP contribution < -0.4 is 0 Å². The van der Waals surface area contributed by atoms with E-state index in [9.17, 15) is 4.79 Å². The maximum Gasteiger partial charge on any atom is 0.254 e. The average Bonchev–Trinajstić information content (AvgIpc) is 3.17. The molecule has 3 rings (SSSR count). The molecule has 6 nitrogen and oxygen atoms in total. The van der Waals surface area contributed by atoms with E-state index in [1.54, 1.807) is 0 Å². The summed E-state index contributed by atoms with van der Waals surface area (Å²) in [7, 11) is 0. The van der Waals surface area contributed by atoms with Gasteiger partial charge in [0.1, 0.15) is 11.4 Å². The maximum atomic E-state index is 12.9. The minimum Gasteiger partial charge on any atom is -0.365 e. The molecule has 0 bridgehead atoms. The molecule has 21 heavy (non-hydrogen) atoms. The Labute approximate surface area is 125 Å². The number of amides is 1. The van der Waals surface area contributed by atoms with Gasteiger partial charge in [-0.2, -0.15) is 5.10 Å². The van der Waals surface area contributed by atoms with Crippen molar-refractivity contribution in [3.63, 3.8) is 0 Å². The third-order valence-electron chi connectivity index (χ3n) is 4.68. The highest BCUT2D eigenvalue weighted by Gasteiger charge is 2.46. The topological polar surface area (TPSA) is 71.1 Å². The third-order valence-corrected chi connectivity index (χ3v) is 4.68. The number of rotatable bonds is 4. The molecule has 2 aliphatic rings. The Hall–Kier alpha value is -1.43. The van der Waals surface area contributed by atoms with Crippen LogP contribution in [0.5, 0.6) is 0 Å². The van der Waals surface area contributed by atoms with E-state index in [4.69, 9.17) is 4.74 Å². The highest BCUT2D eigenvalue weighted by atomic mass is 16.5. The first-order valence-corrected chi connectivity index (χ1v) is 7.97. The van der Waals surface area contributed by atoms with Crippen LogP contribution in [0.25, 0.3) is 0 Å². The molecule has 0 spiro atoms. The number of carbonyl (C=O) groups is 1. The molecule has 0 aromatic carbocycles. The summed E-state index contributed by atoms with van der Waals surface area (Å²) < 4.78 is 5.88. The molecule has 1 unspecified atom stereocenters. The predicted molar refractivity (Wildman–Crippen MR) is 77.9 cm³/mol. The van der Waals surface area contributed by atoms with Crippen LogP contribution in [0.3, 0.4) is 0 Å². The molecule has 1 saturated carbocycles. The van der Waals surface area contributed by atoms with Gasteiger partial charge in [-0.1, -0.05) is 0 Å². The predicted octanol–water partition coefficient (Wildman–Crippen LogP) is 1.78. The number of aromatic nitrogens is 3. The molecular formula is C15H24N4O2. The maximum absolute atomic E-state index is 12.9. The summed E-state index contributed by atoms with van der Waals surface area (Å²) in [5, 5.41) is 7.12. The molecular weight excluding hydrogens is 268 g/mol. The Morgan fingerprint density at radius 1 is 1.48 bits per heavy atom. The minimum absolute atomic E-state index is 0.177. The van der Waals surface area contributed by atoms with E-state index in [1.807, 2.05) is 18.7 Å². The fourth-order valence-corrected chi connectivity index (χ4v) is 3.63. The van der Waals surface area contributed by atoms with Crippen LogP contribution in [0.4, 0.5) is 0 Å². The first kappa shape index (κ1) is 14.5. The number of hydrogen-bond acceptors (Lipinski definition) is 4. The van der Waals surface area contributed by atoms with Crippen LogP contribution in [-0.4, -0.2) is 51.3 Å². The van der Waals surface area contributed by atoms with Gasteiger partial charge in [0, 0.05) is 25.6 Å². The fourth-order valence-electron chi connectivity index (χ4n) is 3.63. The van der Waals surface area contributed by atoms with Gasteiger partial charge in [0.05, 0.1) is 0 Å². The average molecular weight is 292 g/mol. The highest BCUT2D eigenvalue weighted by molar-refractivity contribution is 5.86. The number of ether oxygens (including phenoxy) is 1. The number of carbonyl (C=O) groups excluding carboxylic acids is 1. The zero-order valence-corrected chi connectivity index (χ0v) is 12.9. The molecule has 1 aliphatic carbocycles. The summed E-state index contributed by atoms with van der Waals surface area (Å²) in [4.78, 5) is 19.3. The smallest absolute Gasteiger partial charge is 0.254 e. The molecule has 1 amide bonds. The number of hydrogen-bond donors (Lipinski definition) is 1. The Kier molecular flexibility index (Phi) is 3.97. The summed E-state index contributed by atoms with van der Waals surface area (Å²) >= 11 is 0. The van der Waals surface area contributed by atoms with Gasteiger partial charge in [0.2, 0.25) is 0 Å². The quantitative estimate of drug-likeness (QED) is 0.918. The fraction of sp³-hybridized carbons (Fsp3) is 0.800. The van der Waals surface area contributed by atoms with Gasteiger partial charge in [-0.15, -0.1) is 0 Å². The number of nitrogens with one attached hydrogen (secondary N) is 1. The molecule has 1 aliphatic heterocycles. The van der Waals surface area contributed by atoms with Crippen LogP contribution in [0.1, 0.15) is 56.6 Å². The molecule has 1 aromatic heterocycles. The van der Waals surface area contributed by atoms with Gasteiger partial charge in [-0.05, 0) is 46.0 Å². The van der Waals surface area contributed by atoms with Crippen molar-refractivity contribution in [1.29, 1.82) is 0 Å². The Morgan fingerprint density at radius 2 is 2.24 bits per heavy atom. The molecule has 2 heterocycles. The first-order chi connectivity index (χ1) is 10.1. The highest BCUT2D eigenvalue weighted by Crippen LogP contribution is 2.37. The van der Waals surface area contributed by atoms with E-state index in [1.165, 1.54) is 0 Å². The normalized spacial score (nSPS) is 24.7. The second-order valence-corrected chi connectivity index (χ2v) is 6.15. The van der Waals surface area contributed by atoms with E-state index >= 15 is 0 Å². The molecule has 1 atom stereocenters. The lowest BCUT2D eigenvalue weighted by molar-refractivity contribution is -0.156. The minimum atomic E-state index is -0.557. The second-order valence-electron chi connectivity index (χ2n) is 6.15. The summed E-state index contributed by atoms with van der Waals surface area (Å²) in [5.74, 6) is 2.09. The second kappa shape index (κ2) is 5.75. The monoisotopic (exact) mass is 292 g/mol. The summed E-state index contributed by atoms with van der Waals surface area (Å²) in [6.07, 6.45) is 4.83. The van der Waals surface area contributed by atoms with E-state index in [0.717, 1.165) is 50.3 Å². The van der Waals surface area contributed by atoms with Gasteiger partial charge in [0.25, 0.3) is 5.91 Å². The van der Waals surface area contributed by atoms with Crippen LogP contribution >= 0.6 is 0 Å². The number of nitrogens with zero attached hydrogens (tertiary/aromatic N) is 3. The van der Waals surface area contributed by atoms with Gasteiger partial charge in [0.15, 0.2) is 5.82 Å². The van der Waals surface area contributed by atoms with Gasteiger partial charge in [-0.25, -0.2) is 4.98 Å². The van der Waals surface area contributed by atoms with Gasteiger partial charge in [-0.3, -0.25) is 9.89 Å². The third kappa shape index (κ3) is 2.69. The van der Waals surface area contributed by atoms with E-state index in [2.05, 4.69) is 15.2 Å². The van der Waals surface area contributed by atoms with E-state index in [0.29, 0.717) is 13.2 Å². The van der Waals surface area contributed by atoms with Crippen LogP contribution in [0.2, 0.25) is 0 Å². The lowest BCUT2D eigenvalue weighted by Gasteiger charge is -2.32. The zero-order chi connectivity index (χ0) is 14.9. The standard InChI is InChI=1S/C15H24N4O2/c1-3-21-15(7-4-5-8-15)14(20)19-9-6-12(10-19)13-16-11(2)17-18-13/h12H,3-10H2,1-2H3,(H,16,17,18). The van der Waals surface area contributed by atoms with Gasteiger partial charge >= 0.3 is 0 Å². The number of likely N-dealkylation sites (tertiary alicyclic amines) is 1. The van der Waals surface area contributed by atoms with Crippen LogP contribution in [0, 0.1) is 6.92 Å². The van der Waals surface area contributed by atoms with E-state index < -0.39 is 5.60 Å². The van der Waals surface area contributed by atoms with Crippen molar-refractivity contribution in [2.45, 2.75) is 57.5 Å². The molecule has 1 saturated heterocycles. The van der Waals surface area contributed by atoms with Crippen molar-refractivity contribution >= 4 is 5.91 Å². The van der Waals surface area contributed by atoms with Crippen LogP contribution in [-0.2, 0) is 9.53 Å². The van der Waals surface area contributed by atoms with Crippen molar-refractivity contribution in [2.75, 3.05) is 19.7 Å². The largest absolute Gasteiger partial charge is 0.365 e. The molecule has 2 fully saturated rings. The van der Waals surface area contributed by atoms with Crippen molar-refractivity contribution in [2.24, 2.45) is 0 Å². The van der Waals surface area contributed by atoms with Crippen LogP contribution in [0.15, 0.2) is 0 Å². The molecule has 1 N–H and O–H groups in total. The number of aryl methyl sites for hydroxylation is 1. The lowest BCUT2D eigenvalue weighted by Crippen LogP contribution is -2.48. The molecule has 1 aromatic rings. The zero-order valence-electron chi connectivity index (χ0n) is 12.9. The first-order valence-electron chi connectivity index (χ1n) is 7.97. The summed E-state index contributed by atoms with van der Waals surface area (Å²) in [6.45, 7) is 5.97. The Morgan fingerprint density at radius 3 is 2.86 bits per heavy atom. The molecule has 0 radical (unpaired) electrons. The van der Waals surface area contributed by atoms with Crippen molar-refractivity contribution in [3.8, 4) is 0 Å². The number of H-pyrrole nitrogens is 1. The van der Waals surface area contributed by atoms with Crippen molar-refractivity contribution < 1.29 is 9.53 Å². The Bertz CT molecular complexity index is 508. The SMILES string of the molecule is CCOC1(C(=O)N2CCC(c3n[nH]c(C)n3)C2)CCCC1. The molecule has 6 heteroatoms. The Balaban J connectivity index is 1.69. The number of aromatic amines is 1. The van der Waals surface area contributed by atoms with E-state index in [-0.39, 0.29) is 11.8 Å². The van der Waals surface area contributed by atoms with Crippen molar-refractivity contribution in [3.05, 3.63) is 11.6 Å². The van der Waals surface area contributed by atoms with Gasteiger partial charge < -0.3 is 9.64 Å². The summed E-state index contributed by atoms with van der Waals surface area (Å²) in [6, 6.07) is 0. The van der Waals surface area contributed by atoms with Crippen molar-refractivity contribution in [1.82, 2.24) is 20.1 Å². The lowest BCUT2D eigenvalue weighted by atomic mass is 10.00.